The van der Waals surface area contributed by atoms with Gasteiger partial charge in [0.15, 0.2) is 0 Å². The molecule has 1 N–H and O–H groups in total. The number of halogens is 1. The third-order valence-corrected chi connectivity index (χ3v) is 7.08. The molecule has 0 saturated heterocycles. The van der Waals surface area contributed by atoms with Crippen molar-refractivity contribution in [2.45, 2.75) is 31.8 Å². The van der Waals surface area contributed by atoms with Crippen molar-refractivity contribution in [1.82, 2.24) is 4.31 Å². The standard InChI is InChI=1S/C14H20BrNO3S/c1-9-5-12(9)7-16(3)20(18,19)13-6-11(8-17)4-10(2)14(13)15/h4,6,9,12,17H,5,7-8H2,1-3H3. The summed E-state index contributed by atoms with van der Waals surface area (Å²) in [6.07, 6.45) is 1.09. The molecule has 4 nitrogen and oxygen atoms in total. The van der Waals surface area contributed by atoms with Gasteiger partial charge in [0.25, 0.3) is 0 Å². The molecule has 0 bridgehead atoms. The van der Waals surface area contributed by atoms with E-state index in [0.717, 1.165) is 12.0 Å². The van der Waals surface area contributed by atoms with Crippen LogP contribution in [0.1, 0.15) is 24.5 Å². The Morgan fingerprint density at radius 2 is 2.05 bits per heavy atom. The second-order valence-electron chi connectivity index (χ2n) is 5.64. The second-order valence-corrected chi connectivity index (χ2v) is 8.45. The highest BCUT2D eigenvalue weighted by Gasteiger charge is 2.36. The lowest BCUT2D eigenvalue weighted by Crippen LogP contribution is -2.29. The first-order valence-electron chi connectivity index (χ1n) is 6.63. The van der Waals surface area contributed by atoms with Crippen molar-refractivity contribution in [1.29, 1.82) is 0 Å². The molecule has 1 aromatic rings. The minimum Gasteiger partial charge on any atom is -0.392 e. The van der Waals surface area contributed by atoms with Crippen LogP contribution >= 0.6 is 15.9 Å². The Bertz CT molecular complexity index is 615. The molecule has 20 heavy (non-hydrogen) atoms. The fourth-order valence-corrected chi connectivity index (χ4v) is 4.59. The zero-order valence-corrected chi connectivity index (χ0v) is 14.3. The van der Waals surface area contributed by atoms with Gasteiger partial charge >= 0.3 is 0 Å². The Labute approximate surface area is 129 Å². The number of benzene rings is 1. The molecule has 2 rings (SSSR count). The summed E-state index contributed by atoms with van der Waals surface area (Å²) in [5.74, 6) is 1.08. The minimum atomic E-state index is -3.53. The van der Waals surface area contributed by atoms with Crippen molar-refractivity contribution in [3.8, 4) is 0 Å². The van der Waals surface area contributed by atoms with Crippen LogP contribution in [0.4, 0.5) is 0 Å². The molecule has 6 heteroatoms. The minimum absolute atomic E-state index is 0.167. The van der Waals surface area contributed by atoms with E-state index in [1.807, 2.05) is 6.92 Å². The lowest BCUT2D eigenvalue weighted by molar-refractivity contribution is 0.281. The maximum atomic E-state index is 12.7. The monoisotopic (exact) mass is 361 g/mol. The van der Waals surface area contributed by atoms with E-state index in [9.17, 15) is 13.5 Å². The van der Waals surface area contributed by atoms with E-state index >= 15 is 0 Å². The van der Waals surface area contributed by atoms with Gasteiger partial charge in [0.1, 0.15) is 0 Å². The fourth-order valence-electron chi connectivity index (χ4n) is 2.34. The first kappa shape index (κ1) is 15.9. The van der Waals surface area contributed by atoms with Crippen molar-refractivity contribution < 1.29 is 13.5 Å². The van der Waals surface area contributed by atoms with E-state index in [1.54, 1.807) is 19.2 Å². The molecule has 0 aromatic heterocycles. The van der Waals surface area contributed by atoms with Gasteiger partial charge in [0, 0.05) is 18.1 Å². The number of sulfonamides is 1. The topological polar surface area (TPSA) is 57.6 Å². The Balaban J connectivity index is 2.35. The highest BCUT2D eigenvalue weighted by molar-refractivity contribution is 9.10. The summed E-state index contributed by atoms with van der Waals surface area (Å²) >= 11 is 3.35. The fraction of sp³-hybridized carbons (Fsp3) is 0.571. The summed E-state index contributed by atoms with van der Waals surface area (Å²) in [6.45, 7) is 4.35. The van der Waals surface area contributed by atoms with Crippen LogP contribution in [0.3, 0.4) is 0 Å². The predicted molar refractivity (Wildman–Crippen MR) is 81.9 cm³/mol. The van der Waals surface area contributed by atoms with Crippen molar-refractivity contribution in [2.24, 2.45) is 11.8 Å². The van der Waals surface area contributed by atoms with Gasteiger partial charge in [0.05, 0.1) is 11.5 Å². The average molecular weight is 362 g/mol. The van der Waals surface area contributed by atoms with Crippen LogP contribution in [0.5, 0.6) is 0 Å². The Kier molecular flexibility index (Phi) is 4.59. The van der Waals surface area contributed by atoms with Crippen molar-refractivity contribution in [2.75, 3.05) is 13.6 Å². The molecule has 2 atom stereocenters. The van der Waals surface area contributed by atoms with Gasteiger partial charge in [-0.25, -0.2) is 12.7 Å². The lowest BCUT2D eigenvalue weighted by atomic mass is 10.1. The van der Waals surface area contributed by atoms with Crippen LogP contribution < -0.4 is 0 Å². The Hall–Kier alpha value is -0.430. The van der Waals surface area contributed by atoms with Crippen molar-refractivity contribution in [3.63, 3.8) is 0 Å². The summed E-state index contributed by atoms with van der Waals surface area (Å²) in [5.41, 5.74) is 1.42. The van der Waals surface area contributed by atoms with Gasteiger partial charge < -0.3 is 5.11 Å². The zero-order chi connectivity index (χ0) is 15.1. The molecule has 1 aromatic carbocycles. The summed E-state index contributed by atoms with van der Waals surface area (Å²) in [4.78, 5) is 0.234. The number of aliphatic hydroxyl groups excluding tert-OH is 1. The normalized spacial score (nSPS) is 22.3. The molecule has 1 fully saturated rings. The summed E-state index contributed by atoms with van der Waals surface area (Å²) in [5, 5.41) is 9.25. The van der Waals surface area contributed by atoms with Crippen molar-refractivity contribution >= 4 is 26.0 Å². The van der Waals surface area contributed by atoms with Crippen molar-refractivity contribution in [3.05, 3.63) is 27.7 Å². The van der Waals surface area contributed by atoms with Gasteiger partial charge in [-0.1, -0.05) is 13.0 Å². The van der Waals surface area contributed by atoms with E-state index in [-0.39, 0.29) is 11.5 Å². The van der Waals surface area contributed by atoms with E-state index in [1.165, 1.54) is 4.31 Å². The van der Waals surface area contributed by atoms with Gasteiger partial charge in [-0.3, -0.25) is 0 Å². The number of rotatable bonds is 5. The first-order valence-corrected chi connectivity index (χ1v) is 8.87. The van der Waals surface area contributed by atoms with Gasteiger partial charge in [0.2, 0.25) is 10.0 Å². The molecule has 1 saturated carbocycles. The third kappa shape index (κ3) is 3.08. The highest BCUT2D eigenvalue weighted by atomic mass is 79.9. The molecule has 0 aliphatic heterocycles. The highest BCUT2D eigenvalue weighted by Crippen LogP contribution is 2.39. The maximum absolute atomic E-state index is 12.7. The number of hydrogen-bond acceptors (Lipinski definition) is 3. The number of aliphatic hydroxyl groups is 1. The van der Waals surface area contributed by atoms with Crippen LogP contribution in [0, 0.1) is 18.8 Å². The third-order valence-electron chi connectivity index (χ3n) is 3.92. The van der Waals surface area contributed by atoms with Crippen LogP contribution in [0.2, 0.25) is 0 Å². The smallest absolute Gasteiger partial charge is 0.243 e. The number of aryl methyl sites for hydroxylation is 1. The van der Waals surface area contributed by atoms with E-state index in [0.29, 0.717) is 28.4 Å². The summed E-state index contributed by atoms with van der Waals surface area (Å²) in [7, 11) is -1.91. The zero-order valence-electron chi connectivity index (χ0n) is 11.9. The molecule has 0 spiro atoms. The molecular formula is C14H20BrNO3S. The molecule has 2 unspecified atom stereocenters. The summed E-state index contributed by atoms with van der Waals surface area (Å²) in [6, 6.07) is 3.32. The predicted octanol–water partition coefficient (Wildman–Crippen LogP) is 2.53. The average Bonchev–Trinajstić information content (AvgIpc) is 3.07. The maximum Gasteiger partial charge on any atom is 0.243 e. The van der Waals surface area contributed by atoms with Gasteiger partial charge in [-0.05, 0) is 58.3 Å². The van der Waals surface area contributed by atoms with Gasteiger partial charge in [-0.2, -0.15) is 0 Å². The molecule has 112 valence electrons. The SMILES string of the molecule is Cc1cc(CO)cc(S(=O)(=O)N(C)CC2CC2C)c1Br. The van der Waals surface area contributed by atoms with E-state index < -0.39 is 10.0 Å². The van der Waals surface area contributed by atoms with E-state index in [4.69, 9.17) is 0 Å². The van der Waals surface area contributed by atoms with E-state index in [2.05, 4.69) is 22.9 Å². The largest absolute Gasteiger partial charge is 0.392 e. The molecule has 0 heterocycles. The van der Waals surface area contributed by atoms with Crippen LogP contribution in [-0.2, 0) is 16.6 Å². The first-order chi connectivity index (χ1) is 9.27. The summed E-state index contributed by atoms with van der Waals surface area (Å²) < 4.78 is 27.3. The molecular weight excluding hydrogens is 342 g/mol. The van der Waals surface area contributed by atoms with Gasteiger partial charge in [-0.15, -0.1) is 0 Å². The lowest BCUT2D eigenvalue weighted by Gasteiger charge is -2.19. The quantitative estimate of drug-likeness (QED) is 0.876. The van der Waals surface area contributed by atoms with Crippen LogP contribution in [0.25, 0.3) is 0 Å². The second kappa shape index (κ2) is 5.75. The molecule has 1 aliphatic rings. The van der Waals surface area contributed by atoms with Crippen LogP contribution in [0.15, 0.2) is 21.5 Å². The molecule has 0 amide bonds. The molecule has 0 radical (unpaired) electrons. The van der Waals surface area contributed by atoms with Crippen LogP contribution in [-0.4, -0.2) is 31.4 Å². The number of nitrogens with zero attached hydrogens (tertiary/aromatic N) is 1. The number of hydrogen-bond donors (Lipinski definition) is 1. The Morgan fingerprint density at radius 3 is 2.55 bits per heavy atom. The molecule has 1 aliphatic carbocycles. The Morgan fingerprint density at radius 1 is 1.45 bits per heavy atom.